The van der Waals surface area contributed by atoms with Crippen LogP contribution in [0.5, 0.6) is 0 Å². The Labute approximate surface area is 92.7 Å². The fourth-order valence-corrected chi connectivity index (χ4v) is 1.37. The molecule has 0 saturated heterocycles. The number of aromatic carboxylic acids is 1. The third kappa shape index (κ3) is 2.36. The average molecular weight is 227 g/mol. The Balaban J connectivity index is 3.07. The van der Waals surface area contributed by atoms with Gasteiger partial charge < -0.3 is 9.90 Å². The molecule has 0 spiro atoms. The maximum Gasteiger partial charge on any atom is 0.335 e. The van der Waals surface area contributed by atoms with Gasteiger partial charge in [-0.05, 0) is 24.1 Å². The van der Waals surface area contributed by atoms with Gasteiger partial charge in [-0.3, -0.25) is 0 Å². The molecule has 0 heterocycles. The second-order valence-electron chi connectivity index (χ2n) is 3.22. The maximum atomic E-state index is 10.8. The normalized spacial score (nSPS) is 14.3. The quantitative estimate of drug-likeness (QED) is 0.634. The number of benzene rings is 1. The molecule has 80 valence electrons. The summed E-state index contributed by atoms with van der Waals surface area (Å²) in [5.74, 6) is -0.996. The molecular formula is C11H11ClO3. The summed E-state index contributed by atoms with van der Waals surface area (Å²) in [5, 5.41) is 8.69. The number of carbonyl (C=O) groups excluding carboxylic acids is 1. The monoisotopic (exact) mass is 226 g/mol. The third-order valence-corrected chi connectivity index (χ3v) is 2.89. The SMILES string of the molecule is CCC(Cl)(C=O)c1ccc(C(=O)O)cc1. The van der Waals surface area contributed by atoms with Crippen molar-refractivity contribution in [1.82, 2.24) is 0 Å². The molecular weight excluding hydrogens is 216 g/mol. The first-order chi connectivity index (χ1) is 7.03. The van der Waals surface area contributed by atoms with Crippen molar-refractivity contribution in [2.45, 2.75) is 18.2 Å². The fourth-order valence-electron chi connectivity index (χ4n) is 1.25. The predicted molar refractivity (Wildman–Crippen MR) is 57.3 cm³/mol. The van der Waals surface area contributed by atoms with Crippen LogP contribution in [-0.2, 0) is 9.67 Å². The molecule has 1 aromatic rings. The molecule has 0 amide bonds. The highest BCUT2D eigenvalue weighted by molar-refractivity contribution is 6.31. The molecule has 15 heavy (non-hydrogen) atoms. The number of carboxylic acid groups (broad SMARTS) is 1. The van der Waals surface area contributed by atoms with Crippen LogP contribution in [0.1, 0.15) is 29.3 Å². The van der Waals surface area contributed by atoms with Gasteiger partial charge in [0.15, 0.2) is 0 Å². The predicted octanol–water partition coefficient (Wildman–Crippen LogP) is 2.43. The van der Waals surface area contributed by atoms with E-state index in [9.17, 15) is 9.59 Å². The second kappa shape index (κ2) is 4.45. The van der Waals surface area contributed by atoms with E-state index >= 15 is 0 Å². The van der Waals surface area contributed by atoms with Gasteiger partial charge in [-0.25, -0.2) is 4.79 Å². The first-order valence-electron chi connectivity index (χ1n) is 4.52. The Bertz CT molecular complexity index is 372. The first-order valence-corrected chi connectivity index (χ1v) is 4.90. The summed E-state index contributed by atoms with van der Waals surface area (Å²) in [5.41, 5.74) is 0.798. The molecule has 1 aromatic carbocycles. The number of hydrogen-bond donors (Lipinski definition) is 1. The standard InChI is InChI=1S/C11H11ClO3/c1-2-11(12,7-13)9-5-3-8(4-6-9)10(14)15/h3-7H,2H2,1H3,(H,14,15). The lowest BCUT2D eigenvalue weighted by molar-refractivity contribution is -0.110. The summed E-state index contributed by atoms with van der Waals surface area (Å²) >= 11 is 6.05. The summed E-state index contributed by atoms with van der Waals surface area (Å²) in [6, 6.07) is 6.00. The largest absolute Gasteiger partial charge is 0.478 e. The van der Waals surface area contributed by atoms with Gasteiger partial charge in [0, 0.05) is 0 Å². The van der Waals surface area contributed by atoms with E-state index in [1.807, 2.05) is 0 Å². The van der Waals surface area contributed by atoms with Crippen LogP contribution in [0.25, 0.3) is 0 Å². The molecule has 0 radical (unpaired) electrons. The van der Waals surface area contributed by atoms with Crippen molar-refractivity contribution in [2.75, 3.05) is 0 Å². The van der Waals surface area contributed by atoms with Crippen molar-refractivity contribution >= 4 is 23.9 Å². The van der Waals surface area contributed by atoms with Crippen LogP contribution in [-0.4, -0.2) is 17.4 Å². The van der Waals surface area contributed by atoms with Gasteiger partial charge in [-0.1, -0.05) is 19.1 Å². The van der Waals surface area contributed by atoms with Crippen LogP contribution < -0.4 is 0 Å². The van der Waals surface area contributed by atoms with Gasteiger partial charge in [0.1, 0.15) is 11.2 Å². The van der Waals surface area contributed by atoms with Crippen molar-refractivity contribution < 1.29 is 14.7 Å². The molecule has 0 saturated carbocycles. The number of aldehydes is 1. The number of carbonyl (C=O) groups is 2. The number of alkyl halides is 1. The number of halogens is 1. The average Bonchev–Trinajstić information content (AvgIpc) is 2.28. The summed E-state index contributed by atoms with van der Waals surface area (Å²) in [6.07, 6.45) is 1.13. The van der Waals surface area contributed by atoms with Gasteiger partial charge in [-0.15, -0.1) is 11.6 Å². The lowest BCUT2D eigenvalue weighted by Gasteiger charge is -2.18. The highest BCUT2D eigenvalue weighted by Gasteiger charge is 2.26. The Morgan fingerprint density at radius 2 is 2.00 bits per heavy atom. The van der Waals surface area contributed by atoms with E-state index in [1.165, 1.54) is 12.1 Å². The van der Waals surface area contributed by atoms with Crippen molar-refractivity contribution in [1.29, 1.82) is 0 Å². The third-order valence-electron chi connectivity index (χ3n) is 2.31. The van der Waals surface area contributed by atoms with E-state index in [0.717, 1.165) is 0 Å². The molecule has 1 atom stereocenters. The Morgan fingerprint density at radius 1 is 1.47 bits per heavy atom. The van der Waals surface area contributed by atoms with E-state index in [2.05, 4.69) is 0 Å². The van der Waals surface area contributed by atoms with E-state index in [4.69, 9.17) is 16.7 Å². The van der Waals surface area contributed by atoms with E-state index < -0.39 is 10.8 Å². The van der Waals surface area contributed by atoms with E-state index in [1.54, 1.807) is 19.1 Å². The van der Waals surface area contributed by atoms with Crippen LogP contribution in [0.3, 0.4) is 0 Å². The summed E-state index contributed by atoms with van der Waals surface area (Å²) in [7, 11) is 0. The minimum absolute atomic E-state index is 0.180. The molecule has 0 aliphatic rings. The summed E-state index contributed by atoms with van der Waals surface area (Å²) in [6.45, 7) is 1.80. The minimum Gasteiger partial charge on any atom is -0.478 e. The van der Waals surface area contributed by atoms with Crippen molar-refractivity contribution in [3.8, 4) is 0 Å². The minimum atomic E-state index is -1.04. The zero-order chi connectivity index (χ0) is 11.5. The lowest BCUT2D eigenvalue weighted by Crippen LogP contribution is -2.19. The maximum absolute atomic E-state index is 10.8. The lowest BCUT2D eigenvalue weighted by atomic mass is 9.96. The van der Waals surface area contributed by atoms with Crippen LogP contribution in [0.4, 0.5) is 0 Å². The van der Waals surface area contributed by atoms with Gasteiger partial charge in [0.2, 0.25) is 0 Å². The molecule has 0 aliphatic carbocycles. The molecule has 0 fully saturated rings. The molecule has 0 aliphatic heterocycles. The second-order valence-corrected chi connectivity index (χ2v) is 3.89. The van der Waals surface area contributed by atoms with Crippen molar-refractivity contribution in [3.63, 3.8) is 0 Å². The molecule has 1 N–H and O–H groups in total. The van der Waals surface area contributed by atoms with Crippen molar-refractivity contribution in [3.05, 3.63) is 35.4 Å². The van der Waals surface area contributed by atoms with Crippen LogP contribution in [0.2, 0.25) is 0 Å². The number of carboxylic acids is 1. The van der Waals surface area contributed by atoms with Gasteiger partial charge >= 0.3 is 5.97 Å². The Hall–Kier alpha value is -1.35. The van der Waals surface area contributed by atoms with Gasteiger partial charge in [0.25, 0.3) is 0 Å². The van der Waals surface area contributed by atoms with Gasteiger partial charge in [0.05, 0.1) is 5.56 Å². The number of hydrogen-bond acceptors (Lipinski definition) is 2. The van der Waals surface area contributed by atoms with E-state index in [0.29, 0.717) is 18.3 Å². The molecule has 1 unspecified atom stereocenters. The fraction of sp³-hybridized carbons (Fsp3) is 0.273. The molecule has 4 heteroatoms. The molecule has 3 nitrogen and oxygen atoms in total. The zero-order valence-electron chi connectivity index (χ0n) is 8.24. The Kier molecular flexibility index (Phi) is 3.48. The topological polar surface area (TPSA) is 54.4 Å². The highest BCUT2D eigenvalue weighted by Crippen LogP contribution is 2.30. The van der Waals surface area contributed by atoms with E-state index in [-0.39, 0.29) is 5.56 Å². The molecule has 0 bridgehead atoms. The van der Waals surface area contributed by atoms with Crippen LogP contribution in [0.15, 0.2) is 24.3 Å². The number of rotatable bonds is 4. The van der Waals surface area contributed by atoms with Crippen LogP contribution in [0, 0.1) is 0 Å². The summed E-state index contributed by atoms with van der Waals surface area (Å²) in [4.78, 5) is 20.4. The highest BCUT2D eigenvalue weighted by atomic mass is 35.5. The molecule has 1 rings (SSSR count). The first kappa shape index (κ1) is 11.7. The summed E-state index contributed by atoms with van der Waals surface area (Å²) < 4.78 is 0. The zero-order valence-corrected chi connectivity index (χ0v) is 8.99. The smallest absolute Gasteiger partial charge is 0.335 e. The van der Waals surface area contributed by atoms with Gasteiger partial charge in [-0.2, -0.15) is 0 Å². The molecule has 0 aromatic heterocycles. The van der Waals surface area contributed by atoms with Crippen LogP contribution >= 0.6 is 11.6 Å². The Morgan fingerprint density at radius 3 is 2.33 bits per heavy atom. The van der Waals surface area contributed by atoms with Crippen molar-refractivity contribution in [2.24, 2.45) is 0 Å².